The third-order valence-corrected chi connectivity index (χ3v) is 11.6. The lowest BCUT2D eigenvalue weighted by Crippen LogP contribution is -2.70. The number of hydrogen-bond donors (Lipinski definition) is 3. The number of carbonyl (C=O) groups excluding carboxylic acids is 2. The summed E-state index contributed by atoms with van der Waals surface area (Å²) in [6.45, 7) is 9.71. The number of carbonyl (C=O) groups is 2. The highest BCUT2D eigenvalue weighted by Gasteiger charge is 2.83. The molecule has 1 spiro atoms. The molecule has 1 saturated heterocycles. The second-order valence-corrected chi connectivity index (χ2v) is 12.6. The van der Waals surface area contributed by atoms with Gasteiger partial charge in [0.25, 0.3) is 0 Å². The Morgan fingerprint density at radius 1 is 1.11 bits per heavy atom. The summed E-state index contributed by atoms with van der Waals surface area (Å²) in [7, 11) is 0. The number of hydrogen-bond acceptors (Lipinski definition) is 7. The number of epoxide rings is 1. The van der Waals surface area contributed by atoms with Gasteiger partial charge in [0.05, 0.1) is 17.6 Å². The zero-order valence-electron chi connectivity index (χ0n) is 21.3. The average molecular weight is 487 g/mol. The van der Waals surface area contributed by atoms with Crippen LogP contribution >= 0.6 is 0 Å². The van der Waals surface area contributed by atoms with Crippen LogP contribution in [0.4, 0.5) is 0 Å². The first-order valence-corrected chi connectivity index (χ1v) is 13.2. The lowest BCUT2D eigenvalue weighted by molar-refractivity contribution is -0.221. The van der Waals surface area contributed by atoms with Gasteiger partial charge in [-0.3, -0.25) is 4.79 Å². The van der Waals surface area contributed by atoms with E-state index in [2.05, 4.69) is 0 Å². The van der Waals surface area contributed by atoms with Crippen molar-refractivity contribution in [2.24, 2.45) is 28.6 Å². The number of aliphatic hydroxyl groups excluding tert-OH is 2. The third kappa shape index (κ3) is 2.56. The number of esters is 1. The molecule has 0 radical (unpaired) electrons. The lowest BCUT2D eigenvalue weighted by Gasteiger charge is -2.62. The maximum Gasteiger partial charge on any atom is 0.333 e. The average Bonchev–Trinajstić information content (AvgIpc) is 3.51. The van der Waals surface area contributed by atoms with Gasteiger partial charge in [0.15, 0.2) is 0 Å². The first-order chi connectivity index (χ1) is 16.3. The van der Waals surface area contributed by atoms with Gasteiger partial charge in [-0.15, -0.1) is 0 Å². The first kappa shape index (κ1) is 23.8. The van der Waals surface area contributed by atoms with Gasteiger partial charge in [0.2, 0.25) is 0 Å². The Labute approximate surface area is 206 Å². The van der Waals surface area contributed by atoms with E-state index in [1.54, 1.807) is 13.0 Å². The highest BCUT2D eigenvalue weighted by Crippen LogP contribution is 2.73. The van der Waals surface area contributed by atoms with Gasteiger partial charge in [0.1, 0.15) is 29.2 Å². The summed E-state index contributed by atoms with van der Waals surface area (Å²) < 4.78 is 12.0. The smallest absolute Gasteiger partial charge is 0.333 e. The van der Waals surface area contributed by atoms with Crippen molar-refractivity contribution < 1.29 is 34.4 Å². The SMILES string of the molecule is CC1=C(C)C(=O)O[C@@H]([C@@H](C)C2=C[C@H](O)[C@]3(O)[C@@H]4C[C@H]5O[C@]56[C@@H](O)CCC(=O)[C@]6(C)[C@H]4CC[C@]23C)C1. The number of ether oxygens (including phenoxy) is 2. The number of fused-ring (bicyclic) bond motifs is 4. The van der Waals surface area contributed by atoms with E-state index in [0.717, 1.165) is 11.1 Å². The lowest BCUT2D eigenvalue weighted by atomic mass is 9.42. The molecule has 4 fully saturated rings. The monoisotopic (exact) mass is 486 g/mol. The molecular weight excluding hydrogens is 448 g/mol. The van der Waals surface area contributed by atoms with Crippen LogP contribution in [0.25, 0.3) is 0 Å². The van der Waals surface area contributed by atoms with Gasteiger partial charge in [-0.2, -0.15) is 0 Å². The number of Topliss-reactive ketones (excluding diaryl/α,β-unsaturated/α-hetero) is 1. The Balaban J connectivity index is 1.36. The molecule has 6 rings (SSSR count). The summed E-state index contributed by atoms with van der Waals surface area (Å²) in [5, 5.41) is 34.8. The quantitative estimate of drug-likeness (QED) is 0.312. The van der Waals surface area contributed by atoms with E-state index in [4.69, 9.17) is 9.47 Å². The molecule has 2 aliphatic heterocycles. The van der Waals surface area contributed by atoms with E-state index in [-0.39, 0.29) is 41.7 Å². The second kappa shape index (κ2) is 7.06. The van der Waals surface area contributed by atoms with Crippen LogP contribution < -0.4 is 0 Å². The Morgan fingerprint density at radius 3 is 2.51 bits per heavy atom. The molecule has 0 aromatic heterocycles. The maximum absolute atomic E-state index is 13.4. The summed E-state index contributed by atoms with van der Waals surface area (Å²) in [5.41, 5.74) is -1.29. The van der Waals surface area contributed by atoms with Crippen LogP contribution in [0.1, 0.15) is 73.1 Å². The van der Waals surface area contributed by atoms with Crippen molar-refractivity contribution >= 4 is 11.8 Å². The molecule has 0 aromatic carbocycles. The second-order valence-electron chi connectivity index (χ2n) is 12.6. The molecule has 0 bridgehead atoms. The molecule has 192 valence electrons. The summed E-state index contributed by atoms with van der Waals surface area (Å²) in [6, 6.07) is 0. The Bertz CT molecular complexity index is 1080. The van der Waals surface area contributed by atoms with Crippen molar-refractivity contribution in [2.45, 2.75) is 109 Å². The van der Waals surface area contributed by atoms with Crippen molar-refractivity contribution in [3.8, 4) is 0 Å². The summed E-state index contributed by atoms with van der Waals surface area (Å²) in [4.78, 5) is 25.8. The predicted molar refractivity (Wildman–Crippen MR) is 126 cm³/mol. The predicted octanol–water partition coefficient (Wildman–Crippen LogP) is 2.61. The molecule has 2 heterocycles. The van der Waals surface area contributed by atoms with Crippen molar-refractivity contribution in [2.75, 3.05) is 0 Å². The van der Waals surface area contributed by atoms with Gasteiger partial charge in [-0.25, -0.2) is 4.79 Å². The van der Waals surface area contributed by atoms with Crippen LogP contribution in [0.5, 0.6) is 0 Å². The summed E-state index contributed by atoms with van der Waals surface area (Å²) in [6.07, 6.45) is 2.58. The van der Waals surface area contributed by atoms with Crippen LogP contribution in [0.15, 0.2) is 22.8 Å². The number of ketones is 1. The largest absolute Gasteiger partial charge is 0.458 e. The van der Waals surface area contributed by atoms with E-state index in [9.17, 15) is 24.9 Å². The minimum atomic E-state index is -1.46. The van der Waals surface area contributed by atoms with Crippen LogP contribution in [-0.2, 0) is 19.1 Å². The van der Waals surface area contributed by atoms with E-state index in [1.165, 1.54) is 0 Å². The fourth-order valence-electron chi connectivity index (χ4n) is 9.24. The normalized spacial score (nSPS) is 53.7. The molecule has 0 amide bonds. The van der Waals surface area contributed by atoms with Gasteiger partial charge < -0.3 is 24.8 Å². The topological polar surface area (TPSA) is 117 Å². The molecule has 0 unspecified atom stereocenters. The molecule has 11 atom stereocenters. The van der Waals surface area contributed by atoms with Crippen LogP contribution in [-0.4, -0.2) is 62.7 Å². The minimum absolute atomic E-state index is 0.105. The molecule has 7 nitrogen and oxygen atoms in total. The van der Waals surface area contributed by atoms with Crippen molar-refractivity contribution in [1.29, 1.82) is 0 Å². The van der Waals surface area contributed by atoms with Gasteiger partial charge in [-0.1, -0.05) is 31.1 Å². The van der Waals surface area contributed by atoms with Crippen molar-refractivity contribution in [1.82, 2.24) is 0 Å². The highest BCUT2D eigenvalue weighted by atomic mass is 16.6. The van der Waals surface area contributed by atoms with E-state index in [1.807, 2.05) is 27.7 Å². The Morgan fingerprint density at radius 2 is 1.83 bits per heavy atom. The zero-order chi connectivity index (χ0) is 25.3. The van der Waals surface area contributed by atoms with Gasteiger partial charge in [-0.05, 0) is 58.3 Å². The van der Waals surface area contributed by atoms with Crippen LogP contribution in [0.3, 0.4) is 0 Å². The number of rotatable bonds is 2. The minimum Gasteiger partial charge on any atom is -0.458 e. The van der Waals surface area contributed by atoms with Crippen molar-refractivity contribution in [3.63, 3.8) is 0 Å². The molecule has 0 aromatic rings. The molecule has 3 saturated carbocycles. The molecule has 7 heteroatoms. The summed E-state index contributed by atoms with van der Waals surface area (Å²) in [5.74, 6) is -0.880. The number of aliphatic hydroxyl groups is 3. The molecule has 4 aliphatic carbocycles. The standard InChI is InChI=1S/C28H38O7/c1-13-10-19(34-24(32)14(13)2)15(3)17-11-22(31)27(33)18-12-23-28(35-23)21(30)7-6-20(29)26(28,5)16(18)8-9-25(17,27)4/h11,15-16,18-19,21-23,30-31,33H,6-10,12H2,1-5H3/t15-,16-,18+,19+,21-,22-,23+,25+,26-,27+,28+/m0/s1. The third-order valence-electron chi connectivity index (χ3n) is 11.6. The van der Waals surface area contributed by atoms with E-state index >= 15 is 0 Å². The molecule has 3 N–H and O–H groups in total. The maximum atomic E-state index is 13.4. The molecule has 35 heavy (non-hydrogen) atoms. The van der Waals surface area contributed by atoms with Crippen molar-refractivity contribution in [3.05, 3.63) is 22.8 Å². The van der Waals surface area contributed by atoms with E-state index < -0.39 is 34.2 Å². The fourth-order valence-corrected chi connectivity index (χ4v) is 9.24. The van der Waals surface area contributed by atoms with Crippen LogP contribution in [0.2, 0.25) is 0 Å². The Kier molecular flexibility index (Phi) is 4.81. The fraction of sp³-hybridized carbons (Fsp3) is 0.786. The number of cyclic esters (lactones) is 1. The summed E-state index contributed by atoms with van der Waals surface area (Å²) >= 11 is 0. The highest BCUT2D eigenvalue weighted by molar-refractivity contribution is 5.90. The van der Waals surface area contributed by atoms with Gasteiger partial charge >= 0.3 is 5.97 Å². The molecule has 6 aliphatic rings. The first-order valence-electron chi connectivity index (χ1n) is 13.2. The molecular formula is C28H38O7. The van der Waals surface area contributed by atoms with Gasteiger partial charge in [0, 0.05) is 29.7 Å². The Hall–Kier alpha value is -1.54. The van der Waals surface area contributed by atoms with Crippen LogP contribution in [0, 0.1) is 28.6 Å². The van der Waals surface area contributed by atoms with E-state index in [0.29, 0.717) is 44.1 Å². The zero-order valence-corrected chi connectivity index (χ0v) is 21.3.